The van der Waals surface area contributed by atoms with Crippen LogP contribution in [0, 0.1) is 0 Å². The van der Waals surface area contributed by atoms with E-state index in [9.17, 15) is 0 Å². The van der Waals surface area contributed by atoms with Crippen LogP contribution in [-0.4, -0.2) is 75.2 Å². The van der Waals surface area contributed by atoms with Crippen LogP contribution < -0.4 is 15.5 Å². The molecule has 0 spiro atoms. The highest BCUT2D eigenvalue weighted by molar-refractivity contribution is 14.0. The molecule has 1 aliphatic heterocycles. The Bertz CT molecular complexity index is 506. The van der Waals surface area contributed by atoms with Crippen molar-refractivity contribution in [1.29, 1.82) is 0 Å². The number of nitrogens with zero attached hydrogens (tertiary/aromatic N) is 3. The van der Waals surface area contributed by atoms with Gasteiger partial charge in [-0.3, -0.25) is 9.89 Å². The van der Waals surface area contributed by atoms with E-state index in [1.165, 1.54) is 18.7 Å². The largest absolute Gasteiger partial charge is 0.369 e. The molecule has 1 aliphatic rings. The molecule has 0 aromatic heterocycles. The number of unbranched alkanes of at least 4 members (excludes halogenated alkanes) is 1. The molecular weight excluding hydrogens is 469 g/mol. The first-order valence-corrected chi connectivity index (χ1v) is 11.3. The highest BCUT2D eigenvalue weighted by atomic mass is 127. The third-order valence-corrected chi connectivity index (χ3v) is 5.20. The lowest BCUT2D eigenvalue weighted by Gasteiger charge is -2.36. The predicted octanol–water partition coefficient (Wildman–Crippen LogP) is 3.12. The zero-order valence-corrected chi connectivity index (χ0v) is 20.0. The van der Waals surface area contributed by atoms with Crippen LogP contribution in [-0.2, 0) is 0 Å². The Morgan fingerprint density at radius 3 is 2.48 bits per heavy atom. The van der Waals surface area contributed by atoms with Gasteiger partial charge in [-0.05, 0) is 44.7 Å². The maximum atomic E-state index is 4.68. The number of piperazine rings is 1. The molecule has 0 saturated carbocycles. The fourth-order valence-corrected chi connectivity index (χ4v) is 3.43. The molecule has 7 heteroatoms. The molecule has 154 valence electrons. The molecule has 2 rings (SSSR count). The molecule has 1 fully saturated rings. The molecule has 0 atom stereocenters. The number of guanidine groups is 1. The SMILES string of the molecule is CCNC(=NCCCCN1CCN(c2ccccc2)CC1)NCCSC.I. The van der Waals surface area contributed by atoms with Crippen LogP contribution in [0.2, 0.25) is 0 Å². The zero-order valence-electron chi connectivity index (χ0n) is 16.8. The highest BCUT2D eigenvalue weighted by Gasteiger charge is 2.16. The van der Waals surface area contributed by atoms with E-state index >= 15 is 0 Å². The molecular formula is C20H36IN5S. The molecule has 5 nitrogen and oxygen atoms in total. The Balaban J connectivity index is 0.00000364. The molecule has 0 radical (unpaired) electrons. The van der Waals surface area contributed by atoms with E-state index in [0.717, 1.165) is 63.9 Å². The standard InChI is InChI=1S/C20H35N5S.HI/c1-3-21-20(23-12-18-26-2)22-11-7-8-13-24-14-16-25(17-15-24)19-9-5-4-6-10-19;/h4-6,9-10H,3,7-8,11-18H2,1-2H3,(H2,21,22,23);1H. The van der Waals surface area contributed by atoms with Crippen molar-refractivity contribution in [2.45, 2.75) is 19.8 Å². The van der Waals surface area contributed by atoms with Crippen molar-refractivity contribution in [3.63, 3.8) is 0 Å². The van der Waals surface area contributed by atoms with Crippen molar-refractivity contribution >= 4 is 47.4 Å². The van der Waals surface area contributed by atoms with Crippen LogP contribution in [0.25, 0.3) is 0 Å². The third-order valence-electron chi connectivity index (χ3n) is 4.59. The Morgan fingerprint density at radius 2 is 1.81 bits per heavy atom. The molecule has 1 heterocycles. The average Bonchev–Trinajstić information content (AvgIpc) is 2.69. The second-order valence-electron chi connectivity index (χ2n) is 6.55. The van der Waals surface area contributed by atoms with Crippen molar-refractivity contribution in [1.82, 2.24) is 15.5 Å². The minimum Gasteiger partial charge on any atom is -0.369 e. The van der Waals surface area contributed by atoms with E-state index in [-0.39, 0.29) is 24.0 Å². The molecule has 1 aromatic rings. The Labute approximate surface area is 186 Å². The van der Waals surface area contributed by atoms with Gasteiger partial charge >= 0.3 is 0 Å². The summed E-state index contributed by atoms with van der Waals surface area (Å²) in [5, 5.41) is 6.70. The zero-order chi connectivity index (χ0) is 18.5. The fourth-order valence-electron chi connectivity index (χ4n) is 3.12. The molecule has 2 N–H and O–H groups in total. The topological polar surface area (TPSA) is 42.9 Å². The van der Waals surface area contributed by atoms with Crippen molar-refractivity contribution in [2.24, 2.45) is 4.99 Å². The molecule has 27 heavy (non-hydrogen) atoms. The third kappa shape index (κ3) is 9.89. The first-order valence-electron chi connectivity index (χ1n) is 9.87. The van der Waals surface area contributed by atoms with Gasteiger partial charge in [-0.25, -0.2) is 0 Å². The lowest BCUT2D eigenvalue weighted by molar-refractivity contribution is 0.253. The van der Waals surface area contributed by atoms with Crippen molar-refractivity contribution in [3.05, 3.63) is 30.3 Å². The number of hydrogen-bond donors (Lipinski definition) is 2. The number of nitrogens with one attached hydrogen (secondary N) is 2. The van der Waals surface area contributed by atoms with Gasteiger partial charge in [-0.15, -0.1) is 24.0 Å². The smallest absolute Gasteiger partial charge is 0.191 e. The summed E-state index contributed by atoms with van der Waals surface area (Å²) in [7, 11) is 0. The van der Waals surface area contributed by atoms with Gasteiger partial charge in [0.05, 0.1) is 0 Å². The number of benzene rings is 1. The minimum absolute atomic E-state index is 0. The van der Waals surface area contributed by atoms with Gasteiger partial charge in [0, 0.05) is 57.3 Å². The van der Waals surface area contributed by atoms with Crippen LogP contribution in [0.5, 0.6) is 0 Å². The maximum absolute atomic E-state index is 4.68. The lowest BCUT2D eigenvalue weighted by atomic mass is 10.2. The first kappa shape index (κ1) is 24.4. The quantitative estimate of drug-likeness (QED) is 0.222. The van der Waals surface area contributed by atoms with Crippen LogP contribution >= 0.6 is 35.7 Å². The lowest BCUT2D eigenvalue weighted by Crippen LogP contribution is -2.46. The van der Waals surface area contributed by atoms with Gasteiger partial charge < -0.3 is 15.5 Å². The molecule has 1 aromatic carbocycles. The van der Waals surface area contributed by atoms with Gasteiger partial charge in [-0.2, -0.15) is 11.8 Å². The van der Waals surface area contributed by atoms with Crippen LogP contribution in [0.4, 0.5) is 5.69 Å². The molecule has 0 aliphatic carbocycles. The normalized spacial score (nSPS) is 15.3. The van der Waals surface area contributed by atoms with E-state index in [1.54, 1.807) is 0 Å². The second-order valence-corrected chi connectivity index (χ2v) is 7.54. The van der Waals surface area contributed by atoms with Crippen LogP contribution in [0.1, 0.15) is 19.8 Å². The molecule has 1 saturated heterocycles. The molecule has 0 amide bonds. The number of hydrogen-bond acceptors (Lipinski definition) is 4. The van der Waals surface area contributed by atoms with Crippen LogP contribution in [0.3, 0.4) is 0 Å². The highest BCUT2D eigenvalue weighted by Crippen LogP contribution is 2.15. The summed E-state index contributed by atoms with van der Waals surface area (Å²) in [6, 6.07) is 10.8. The average molecular weight is 506 g/mol. The van der Waals surface area contributed by atoms with Gasteiger partial charge in [-0.1, -0.05) is 18.2 Å². The summed E-state index contributed by atoms with van der Waals surface area (Å²) in [4.78, 5) is 9.76. The van der Waals surface area contributed by atoms with Crippen molar-refractivity contribution < 1.29 is 0 Å². The summed E-state index contributed by atoms with van der Waals surface area (Å²) in [5.74, 6) is 2.07. The Kier molecular flexibility index (Phi) is 13.8. The minimum atomic E-state index is 0. The Hall–Kier alpha value is -0.670. The number of thioether (sulfide) groups is 1. The molecule has 0 bridgehead atoms. The number of rotatable bonds is 10. The summed E-state index contributed by atoms with van der Waals surface area (Å²) < 4.78 is 0. The van der Waals surface area contributed by atoms with Gasteiger partial charge in [0.25, 0.3) is 0 Å². The monoisotopic (exact) mass is 505 g/mol. The van der Waals surface area contributed by atoms with Gasteiger partial charge in [0.2, 0.25) is 0 Å². The van der Waals surface area contributed by atoms with E-state index in [0.29, 0.717) is 0 Å². The van der Waals surface area contributed by atoms with E-state index in [2.05, 4.69) is 68.9 Å². The van der Waals surface area contributed by atoms with Crippen molar-refractivity contribution in [2.75, 3.05) is 69.3 Å². The summed E-state index contributed by atoms with van der Waals surface area (Å²) in [5.41, 5.74) is 1.35. The molecule has 0 unspecified atom stereocenters. The van der Waals surface area contributed by atoms with E-state index in [1.807, 2.05) is 11.8 Å². The van der Waals surface area contributed by atoms with E-state index < -0.39 is 0 Å². The predicted molar refractivity (Wildman–Crippen MR) is 132 cm³/mol. The summed E-state index contributed by atoms with van der Waals surface area (Å²) in [6.07, 6.45) is 4.50. The van der Waals surface area contributed by atoms with Gasteiger partial charge in [0.1, 0.15) is 0 Å². The second kappa shape index (κ2) is 15.3. The van der Waals surface area contributed by atoms with Crippen molar-refractivity contribution in [3.8, 4) is 0 Å². The maximum Gasteiger partial charge on any atom is 0.191 e. The number of para-hydroxylation sites is 1. The first-order chi connectivity index (χ1) is 12.8. The Morgan fingerprint density at radius 1 is 1.07 bits per heavy atom. The van der Waals surface area contributed by atoms with E-state index in [4.69, 9.17) is 0 Å². The van der Waals surface area contributed by atoms with Crippen LogP contribution in [0.15, 0.2) is 35.3 Å². The van der Waals surface area contributed by atoms with Gasteiger partial charge in [0.15, 0.2) is 5.96 Å². The number of halogens is 1. The fraction of sp³-hybridized carbons (Fsp3) is 0.650. The number of anilines is 1. The summed E-state index contributed by atoms with van der Waals surface area (Å²) in [6.45, 7) is 10.7. The summed E-state index contributed by atoms with van der Waals surface area (Å²) >= 11 is 1.85. The number of aliphatic imine (C=N–C) groups is 1.